The van der Waals surface area contributed by atoms with E-state index in [9.17, 15) is 4.79 Å². The van der Waals surface area contributed by atoms with E-state index in [1.165, 1.54) is 7.11 Å². The van der Waals surface area contributed by atoms with Crippen molar-refractivity contribution in [2.75, 3.05) is 7.11 Å². The average Bonchev–Trinajstić information content (AvgIpc) is 2.50. The maximum Gasteiger partial charge on any atom is 0.323 e. The second kappa shape index (κ2) is 3.35. The number of hydrogen-bond donors (Lipinski definition) is 1. The predicted molar refractivity (Wildman–Crippen MR) is 38.6 cm³/mol. The predicted octanol–water partition coefficient (Wildman–Crippen LogP) is 0.157. The molecule has 4 heteroatoms. The van der Waals surface area contributed by atoms with Gasteiger partial charge in [-0.3, -0.25) is 9.64 Å². The van der Waals surface area contributed by atoms with Crippen LogP contribution in [0, 0.1) is 6.57 Å². The third-order valence-electron chi connectivity index (χ3n) is 1.76. The molecule has 4 nitrogen and oxygen atoms in total. The molecule has 1 aliphatic heterocycles. The molecule has 1 saturated heterocycles. The Labute approximate surface area is 65.4 Å². The number of hydrogen-bond acceptors (Lipinski definition) is 3. The molecule has 1 N–H and O–H groups in total. The van der Waals surface area contributed by atoms with E-state index in [1.54, 1.807) is 0 Å². The standard InChI is InChI=1S/C7H10N2O2/c1-8-6-4-3-5(9-6)7(10)11-2/h5-6,9H,3-4H2,2H3. The van der Waals surface area contributed by atoms with Crippen molar-refractivity contribution in [3.8, 4) is 0 Å². The zero-order valence-corrected chi connectivity index (χ0v) is 6.33. The highest BCUT2D eigenvalue weighted by atomic mass is 16.5. The molecule has 0 bridgehead atoms. The van der Waals surface area contributed by atoms with Gasteiger partial charge in [-0.05, 0) is 6.42 Å². The molecule has 0 spiro atoms. The van der Waals surface area contributed by atoms with Crippen molar-refractivity contribution in [3.05, 3.63) is 11.4 Å². The van der Waals surface area contributed by atoms with Gasteiger partial charge in [-0.25, -0.2) is 11.9 Å². The largest absolute Gasteiger partial charge is 0.468 e. The van der Waals surface area contributed by atoms with Gasteiger partial charge in [-0.1, -0.05) is 0 Å². The van der Waals surface area contributed by atoms with Gasteiger partial charge in [0.2, 0.25) is 0 Å². The summed E-state index contributed by atoms with van der Waals surface area (Å²) in [6.07, 6.45) is 1.25. The van der Waals surface area contributed by atoms with Crippen LogP contribution >= 0.6 is 0 Å². The topological polar surface area (TPSA) is 42.7 Å². The van der Waals surface area contributed by atoms with Crippen LogP contribution in [-0.2, 0) is 9.53 Å². The first kappa shape index (κ1) is 8.02. The molecule has 0 aromatic heterocycles. The van der Waals surface area contributed by atoms with Gasteiger partial charge < -0.3 is 4.74 Å². The van der Waals surface area contributed by atoms with Crippen molar-refractivity contribution in [1.82, 2.24) is 5.32 Å². The van der Waals surface area contributed by atoms with Crippen LogP contribution in [0.3, 0.4) is 0 Å². The fourth-order valence-electron chi connectivity index (χ4n) is 1.15. The lowest BCUT2D eigenvalue weighted by Gasteiger charge is -2.04. The van der Waals surface area contributed by atoms with Gasteiger partial charge in [0.15, 0.2) is 0 Å². The van der Waals surface area contributed by atoms with Crippen LogP contribution < -0.4 is 5.32 Å². The van der Waals surface area contributed by atoms with Crippen LogP contribution in [0.2, 0.25) is 0 Å². The number of carbonyl (C=O) groups is 1. The Balaban J connectivity index is 2.43. The van der Waals surface area contributed by atoms with Gasteiger partial charge >= 0.3 is 5.97 Å². The molecule has 1 fully saturated rings. The Bertz CT molecular complexity index is 197. The van der Waals surface area contributed by atoms with E-state index >= 15 is 0 Å². The van der Waals surface area contributed by atoms with Gasteiger partial charge in [-0.15, -0.1) is 0 Å². The smallest absolute Gasteiger partial charge is 0.323 e. The molecule has 0 aromatic rings. The lowest BCUT2D eigenvalue weighted by atomic mass is 10.2. The zero-order valence-electron chi connectivity index (χ0n) is 6.33. The minimum absolute atomic E-state index is 0.195. The number of nitrogens with zero attached hydrogens (tertiary/aromatic N) is 1. The number of ether oxygens (including phenoxy) is 1. The average molecular weight is 154 g/mol. The maximum absolute atomic E-state index is 10.9. The summed E-state index contributed by atoms with van der Waals surface area (Å²) in [4.78, 5) is 14.2. The fourth-order valence-corrected chi connectivity index (χ4v) is 1.15. The first-order valence-electron chi connectivity index (χ1n) is 3.48. The summed E-state index contributed by atoms with van der Waals surface area (Å²) in [5, 5.41) is 2.86. The quantitative estimate of drug-likeness (QED) is 0.432. The lowest BCUT2D eigenvalue weighted by Crippen LogP contribution is -2.34. The van der Waals surface area contributed by atoms with E-state index in [0.717, 1.165) is 6.42 Å². The lowest BCUT2D eigenvalue weighted by molar-refractivity contribution is -0.142. The molecular formula is C7H10N2O2. The summed E-state index contributed by atoms with van der Waals surface area (Å²) in [7, 11) is 1.36. The second-order valence-electron chi connectivity index (χ2n) is 2.46. The van der Waals surface area contributed by atoms with E-state index in [1.807, 2.05) is 0 Å². The molecular weight excluding hydrogens is 144 g/mol. The Morgan fingerprint density at radius 3 is 2.91 bits per heavy atom. The van der Waals surface area contributed by atoms with E-state index in [-0.39, 0.29) is 18.2 Å². The molecule has 1 rings (SSSR count). The highest BCUT2D eigenvalue weighted by Crippen LogP contribution is 2.13. The van der Waals surface area contributed by atoms with Gasteiger partial charge in [0, 0.05) is 6.42 Å². The van der Waals surface area contributed by atoms with E-state index in [0.29, 0.717) is 6.42 Å². The van der Waals surface area contributed by atoms with Crippen molar-refractivity contribution in [2.24, 2.45) is 0 Å². The Morgan fingerprint density at radius 2 is 2.45 bits per heavy atom. The summed E-state index contributed by atoms with van der Waals surface area (Å²) in [5.41, 5.74) is 0. The molecule has 60 valence electrons. The van der Waals surface area contributed by atoms with Crippen molar-refractivity contribution in [2.45, 2.75) is 25.0 Å². The molecule has 0 aliphatic carbocycles. The minimum Gasteiger partial charge on any atom is -0.468 e. The first-order valence-corrected chi connectivity index (χ1v) is 3.48. The van der Waals surface area contributed by atoms with Gasteiger partial charge in [-0.2, -0.15) is 0 Å². The molecule has 1 aliphatic rings. The molecule has 0 amide bonds. The van der Waals surface area contributed by atoms with Crippen molar-refractivity contribution in [1.29, 1.82) is 0 Å². The highest BCUT2D eigenvalue weighted by molar-refractivity contribution is 5.76. The SMILES string of the molecule is [C-]#[N+]C1CCC(C(=O)OC)N1. The van der Waals surface area contributed by atoms with E-state index < -0.39 is 0 Å². The Hall–Kier alpha value is -1.08. The van der Waals surface area contributed by atoms with Crippen molar-refractivity contribution in [3.63, 3.8) is 0 Å². The van der Waals surface area contributed by atoms with Crippen LogP contribution in [0.25, 0.3) is 4.85 Å². The summed E-state index contributed by atoms with van der Waals surface area (Å²) >= 11 is 0. The summed E-state index contributed by atoms with van der Waals surface area (Å²) in [5.74, 6) is -0.267. The molecule has 11 heavy (non-hydrogen) atoms. The molecule has 2 atom stereocenters. The number of methoxy groups -OCH3 is 1. The van der Waals surface area contributed by atoms with Gasteiger partial charge in [0.25, 0.3) is 6.17 Å². The van der Waals surface area contributed by atoms with Gasteiger partial charge in [0.05, 0.1) is 7.11 Å². The molecule has 0 saturated carbocycles. The molecule has 1 heterocycles. The third-order valence-corrected chi connectivity index (χ3v) is 1.76. The van der Waals surface area contributed by atoms with Crippen LogP contribution in [-0.4, -0.2) is 25.3 Å². The molecule has 0 radical (unpaired) electrons. The Morgan fingerprint density at radius 1 is 1.73 bits per heavy atom. The zero-order chi connectivity index (χ0) is 8.27. The van der Waals surface area contributed by atoms with Crippen LogP contribution in [0.5, 0.6) is 0 Å². The summed E-state index contributed by atoms with van der Waals surface area (Å²) < 4.78 is 4.52. The first-order chi connectivity index (χ1) is 5.27. The third kappa shape index (κ3) is 1.69. The van der Waals surface area contributed by atoms with Crippen LogP contribution in [0.1, 0.15) is 12.8 Å². The van der Waals surface area contributed by atoms with E-state index in [4.69, 9.17) is 6.57 Å². The summed E-state index contributed by atoms with van der Waals surface area (Å²) in [6, 6.07) is -0.265. The Kier molecular flexibility index (Phi) is 2.44. The van der Waals surface area contributed by atoms with E-state index in [2.05, 4.69) is 14.9 Å². The number of carbonyl (C=O) groups excluding carboxylic acids is 1. The fraction of sp³-hybridized carbons (Fsp3) is 0.714. The van der Waals surface area contributed by atoms with Crippen LogP contribution in [0.4, 0.5) is 0 Å². The minimum atomic E-state index is -0.267. The number of esters is 1. The highest BCUT2D eigenvalue weighted by Gasteiger charge is 2.32. The molecule has 0 aromatic carbocycles. The summed E-state index contributed by atoms with van der Waals surface area (Å²) in [6.45, 7) is 6.70. The van der Waals surface area contributed by atoms with Crippen molar-refractivity contribution >= 4 is 5.97 Å². The van der Waals surface area contributed by atoms with Gasteiger partial charge in [0.1, 0.15) is 6.04 Å². The van der Waals surface area contributed by atoms with Crippen molar-refractivity contribution < 1.29 is 9.53 Å². The molecule has 2 unspecified atom stereocenters. The number of rotatable bonds is 1. The van der Waals surface area contributed by atoms with Crippen LogP contribution in [0.15, 0.2) is 0 Å². The number of nitrogens with one attached hydrogen (secondary N) is 1. The monoisotopic (exact) mass is 154 g/mol. The maximum atomic E-state index is 10.9. The second-order valence-corrected chi connectivity index (χ2v) is 2.46. The normalized spacial score (nSPS) is 29.5.